The van der Waals surface area contributed by atoms with Crippen LogP contribution in [0.2, 0.25) is 5.02 Å². The van der Waals surface area contributed by atoms with Crippen LogP contribution in [0, 0.1) is 0 Å². The number of rotatable bonds is 1. The lowest BCUT2D eigenvalue weighted by Gasteiger charge is -2.24. The maximum atomic E-state index is 12.5. The highest BCUT2D eigenvalue weighted by Gasteiger charge is 2.33. The number of nitrogens with one attached hydrogen (secondary N) is 1. The monoisotopic (exact) mass is 263 g/mol. The Hall–Kier alpha value is -0.740. The fourth-order valence-electron chi connectivity index (χ4n) is 2.11. The first kappa shape index (κ1) is 12.7. The predicted octanol–water partition coefficient (Wildman–Crippen LogP) is 4.17. The van der Waals surface area contributed by atoms with E-state index in [2.05, 4.69) is 5.32 Å². The average molecular weight is 264 g/mol. The molecule has 0 aromatic heterocycles. The van der Waals surface area contributed by atoms with Crippen molar-refractivity contribution < 1.29 is 13.2 Å². The Bertz CT molecular complexity index is 397. The van der Waals surface area contributed by atoms with E-state index < -0.39 is 11.7 Å². The molecule has 1 aromatic rings. The van der Waals surface area contributed by atoms with Crippen LogP contribution in [-0.4, -0.2) is 6.54 Å². The number of halogens is 4. The normalized spacial score (nSPS) is 21.5. The lowest BCUT2D eigenvalue weighted by molar-refractivity contribution is -0.137. The third-order valence-electron chi connectivity index (χ3n) is 3.01. The highest BCUT2D eigenvalue weighted by Crippen LogP contribution is 2.36. The van der Waals surface area contributed by atoms with Gasteiger partial charge in [0, 0.05) is 6.04 Å². The molecule has 0 spiro atoms. The lowest BCUT2D eigenvalue weighted by atomic mass is 9.96. The molecule has 1 saturated heterocycles. The Morgan fingerprint density at radius 3 is 2.53 bits per heavy atom. The van der Waals surface area contributed by atoms with E-state index in [1.807, 2.05) is 0 Å². The molecule has 0 unspecified atom stereocenters. The van der Waals surface area contributed by atoms with E-state index in [1.165, 1.54) is 12.1 Å². The highest BCUT2D eigenvalue weighted by atomic mass is 35.5. The highest BCUT2D eigenvalue weighted by molar-refractivity contribution is 6.31. The van der Waals surface area contributed by atoms with Gasteiger partial charge >= 0.3 is 6.18 Å². The Kier molecular flexibility index (Phi) is 3.64. The Morgan fingerprint density at radius 1 is 1.24 bits per heavy atom. The molecule has 0 saturated carbocycles. The molecule has 0 aliphatic carbocycles. The summed E-state index contributed by atoms with van der Waals surface area (Å²) in [5, 5.41) is 3.06. The molecular weight excluding hydrogens is 251 g/mol. The van der Waals surface area contributed by atoms with Crippen LogP contribution in [0.1, 0.15) is 36.4 Å². The number of piperidine rings is 1. The van der Waals surface area contributed by atoms with Crippen molar-refractivity contribution in [2.75, 3.05) is 6.54 Å². The van der Waals surface area contributed by atoms with Crippen molar-refractivity contribution in [3.63, 3.8) is 0 Å². The van der Waals surface area contributed by atoms with Gasteiger partial charge in [0.1, 0.15) is 0 Å². The van der Waals surface area contributed by atoms with Crippen LogP contribution in [0.3, 0.4) is 0 Å². The Labute approximate surface area is 103 Å². The molecule has 1 aromatic carbocycles. The van der Waals surface area contributed by atoms with Crippen molar-refractivity contribution in [3.05, 3.63) is 34.3 Å². The predicted molar refractivity (Wildman–Crippen MR) is 61.0 cm³/mol. The molecule has 1 atom stereocenters. The Balaban J connectivity index is 2.24. The molecule has 1 N–H and O–H groups in total. The van der Waals surface area contributed by atoms with E-state index in [9.17, 15) is 13.2 Å². The Morgan fingerprint density at radius 2 is 2.00 bits per heavy atom. The topological polar surface area (TPSA) is 12.0 Å². The molecule has 1 nitrogen and oxygen atoms in total. The third-order valence-corrected chi connectivity index (χ3v) is 3.32. The van der Waals surface area contributed by atoms with Crippen molar-refractivity contribution in [3.8, 4) is 0 Å². The zero-order chi connectivity index (χ0) is 12.5. The molecular formula is C12H13ClF3N. The quantitative estimate of drug-likeness (QED) is 0.802. The first-order valence-electron chi connectivity index (χ1n) is 5.58. The molecule has 94 valence electrons. The molecule has 1 aliphatic rings. The molecule has 5 heteroatoms. The second-order valence-electron chi connectivity index (χ2n) is 4.24. The van der Waals surface area contributed by atoms with Gasteiger partial charge in [-0.05, 0) is 37.1 Å². The summed E-state index contributed by atoms with van der Waals surface area (Å²) < 4.78 is 37.6. The summed E-state index contributed by atoms with van der Waals surface area (Å²) >= 11 is 5.69. The SMILES string of the molecule is FC(F)(F)c1ccc([C@H]2CCCCN2)cc1Cl. The maximum absolute atomic E-state index is 12.5. The van der Waals surface area contributed by atoms with Crippen molar-refractivity contribution in [2.45, 2.75) is 31.5 Å². The number of hydrogen-bond acceptors (Lipinski definition) is 1. The zero-order valence-electron chi connectivity index (χ0n) is 9.15. The van der Waals surface area contributed by atoms with E-state index in [-0.39, 0.29) is 11.1 Å². The fraction of sp³-hybridized carbons (Fsp3) is 0.500. The zero-order valence-corrected chi connectivity index (χ0v) is 9.91. The second kappa shape index (κ2) is 4.86. The van der Waals surface area contributed by atoms with Gasteiger partial charge in [-0.3, -0.25) is 0 Å². The summed E-state index contributed by atoms with van der Waals surface area (Å²) in [4.78, 5) is 0. The molecule has 1 heterocycles. The number of alkyl halides is 3. The molecule has 0 bridgehead atoms. The summed E-state index contributed by atoms with van der Waals surface area (Å²) in [6, 6.07) is 4.13. The van der Waals surface area contributed by atoms with Crippen LogP contribution in [0.5, 0.6) is 0 Å². The number of benzene rings is 1. The molecule has 17 heavy (non-hydrogen) atoms. The fourth-order valence-corrected chi connectivity index (χ4v) is 2.41. The van der Waals surface area contributed by atoms with Crippen LogP contribution in [0.4, 0.5) is 13.2 Å². The van der Waals surface area contributed by atoms with Gasteiger partial charge < -0.3 is 5.32 Å². The van der Waals surface area contributed by atoms with E-state index >= 15 is 0 Å². The molecule has 1 fully saturated rings. The van der Waals surface area contributed by atoms with Crippen LogP contribution in [0.15, 0.2) is 18.2 Å². The first-order chi connectivity index (χ1) is 7.98. The average Bonchev–Trinajstić information content (AvgIpc) is 2.28. The third kappa shape index (κ3) is 2.93. The van der Waals surface area contributed by atoms with E-state index in [0.29, 0.717) is 0 Å². The van der Waals surface area contributed by atoms with E-state index in [4.69, 9.17) is 11.6 Å². The van der Waals surface area contributed by atoms with Crippen LogP contribution in [0.25, 0.3) is 0 Å². The summed E-state index contributed by atoms with van der Waals surface area (Å²) in [5.74, 6) is 0. The van der Waals surface area contributed by atoms with Gasteiger partial charge in [0.2, 0.25) is 0 Å². The molecule has 0 amide bonds. The van der Waals surface area contributed by atoms with Crippen LogP contribution in [-0.2, 0) is 6.18 Å². The summed E-state index contributed by atoms with van der Waals surface area (Å²) in [6.07, 6.45) is -1.22. The maximum Gasteiger partial charge on any atom is 0.417 e. The minimum atomic E-state index is -4.38. The lowest BCUT2D eigenvalue weighted by Crippen LogP contribution is -2.26. The van der Waals surface area contributed by atoms with Crippen LogP contribution >= 0.6 is 11.6 Å². The van der Waals surface area contributed by atoms with Crippen LogP contribution < -0.4 is 5.32 Å². The van der Waals surface area contributed by atoms with Gasteiger partial charge in [0.25, 0.3) is 0 Å². The summed E-state index contributed by atoms with van der Waals surface area (Å²) in [6.45, 7) is 0.906. The minimum absolute atomic E-state index is 0.128. The van der Waals surface area contributed by atoms with E-state index in [0.717, 1.165) is 37.4 Å². The molecule has 0 radical (unpaired) electrons. The van der Waals surface area contributed by atoms with E-state index in [1.54, 1.807) is 0 Å². The van der Waals surface area contributed by atoms with Crippen molar-refractivity contribution in [2.24, 2.45) is 0 Å². The van der Waals surface area contributed by atoms with Crippen molar-refractivity contribution in [1.82, 2.24) is 5.32 Å². The summed E-state index contributed by atoms with van der Waals surface area (Å²) in [7, 11) is 0. The standard InChI is InChI=1S/C12H13ClF3N/c13-10-7-8(11-3-1-2-6-17-11)4-5-9(10)12(14,15)16/h4-5,7,11,17H,1-3,6H2/t11-/m1/s1. The van der Waals surface area contributed by atoms with Crippen molar-refractivity contribution >= 4 is 11.6 Å². The van der Waals surface area contributed by atoms with Gasteiger partial charge in [-0.2, -0.15) is 13.2 Å². The van der Waals surface area contributed by atoms with Gasteiger partial charge in [0.05, 0.1) is 10.6 Å². The number of hydrogen-bond donors (Lipinski definition) is 1. The molecule has 2 rings (SSSR count). The largest absolute Gasteiger partial charge is 0.417 e. The van der Waals surface area contributed by atoms with Crippen molar-refractivity contribution in [1.29, 1.82) is 0 Å². The summed E-state index contributed by atoms with van der Waals surface area (Å²) in [5.41, 5.74) is 0.0708. The molecule has 1 aliphatic heterocycles. The van der Waals surface area contributed by atoms with Gasteiger partial charge in [-0.1, -0.05) is 24.1 Å². The smallest absolute Gasteiger partial charge is 0.310 e. The van der Waals surface area contributed by atoms with Gasteiger partial charge in [-0.15, -0.1) is 0 Å². The van der Waals surface area contributed by atoms with Gasteiger partial charge in [-0.25, -0.2) is 0 Å². The minimum Gasteiger partial charge on any atom is -0.310 e. The first-order valence-corrected chi connectivity index (χ1v) is 5.96. The second-order valence-corrected chi connectivity index (χ2v) is 4.65. The van der Waals surface area contributed by atoms with Gasteiger partial charge in [0.15, 0.2) is 0 Å².